The summed E-state index contributed by atoms with van der Waals surface area (Å²) in [4.78, 5) is 0. The predicted molar refractivity (Wildman–Crippen MR) is 115 cm³/mol. The van der Waals surface area contributed by atoms with Crippen LogP contribution < -0.4 is 14.8 Å². The molecule has 0 spiro atoms. The molecule has 5 heteroatoms. The van der Waals surface area contributed by atoms with Crippen molar-refractivity contribution < 1.29 is 9.47 Å². The van der Waals surface area contributed by atoms with Crippen molar-refractivity contribution in [3.05, 3.63) is 86.8 Å². The molecule has 0 saturated heterocycles. The Morgan fingerprint density at radius 2 is 1.70 bits per heavy atom. The van der Waals surface area contributed by atoms with Crippen molar-refractivity contribution in [2.24, 2.45) is 0 Å². The van der Waals surface area contributed by atoms with Gasteiger partial charge in [-0.15, -0.1) is 0 Å². The number of rotatable bonds is 7. The van der Waals surface area contributed by atoms with Crippen molar-refractivity contribution in [2.45, 2.75) is 20.1 Å². The molecular weight excluding hydrogens is 426 g/mol. The molecule has 0 heterocycles. The zero-order chi connectivity index (χ0) is 19.2. The first-order valence-electron chi connectivity index (χ1n) is 8.60. The molecule has 0 saturated carbocycles. The minimum Gasteiger partial charge on any atom is -0.493 e. The molecule has 3 rings (SSSR count). The summed E-state index contributed by atoms with van der Waals surface area (Å²) in [5.74, 6) is 1.30. The number of methoxy groups -OCH3 is 1. The lowest BCUT2D eigenvalue weighted by atomic mass is 10.1. The Balaban J connectivity index is 1.72. The van der Waals surface area contributed by atoms with Crippen LogP contribution in [0.5, 0.6) is 11.5 Å². The third-order valence-corrected chi connectivity index (χ3v) is 5.18. The fraction of sp³-hybridized carbons (Fsp3) is 0.182. The summed E-state index contributed by atoms with van der Waals surface area (Å²) >= 11 is 9.92. The van der Waals surface area contributed by atoms with E-state index >= 15 is 0 Å². The first-order valence-corrected chi connectivity index (χ1v) is 9.77. The monoisotopic (exact) mass is 445 g/mol. The number of nitrogens with one attached hydrogen (secondary N) is 1. The zero-order valence-corrected chi connectivity index (χ0v) is 17.6. The standard InChI is InChI=1S/C22H21BrClNO2/c1-15-5-3-4-6-16(15)14-27-22-12-20(24)17(11-21(22)26-2)13-25-19-9-7-18(23)8-10-19/h3-12,25H,13-14H2,1-2H3. The van der Waals surface area contributed by atoms with Gasteiger partial charge in [0.05, 0.1) is 7.11 Å². The van der Waals surface area contributed by atoms with Gasteiger partial charge in [0.1, 0.15) is 6.61 Å². The van der Waals surface area contributed by atoms with Crippen molar-refractivity contribution >= 4 is 33.2 Å². The van der Waals surface area contributed by atoms with Crippen LogP contribution in [0.4, 0.5) is 5.69 Å². The van der Waals surface area contributed by atoms with Gasteiger partial charge in [-0.1, -0.05) is 51.8 Å². The van der Waals surface area contributed by atoms with E-state index in [9.17, 15) is 0 Å². The van der Waals surface area contributed by atoms with Crippen LogP contribution in [-0.4, -0.2) is 7.11 Å². The molecule has 0 aliphatic heterocycles. The molecule has 0 aliphatic rings. The minimum atomic E-state index is 0.468. The summed E-state index contributed by atoms with van der Waals surface area (Å²) in [5.41, 5.74) is 4.29. The first kappa shape index (κ1) is 19.6. The quantitative estimate of drug-likeness (QED) is 0.443. The largest absolute Gasteiger partial charge is 0.493 e. The molecule has 27 heavy (non-hydrogen) atoms. The van der Waals surface area contributed by atoms with Crippen molar-refractivity contribution in [1.29, 1.82) is 0 Å². The molecule has 0 aliphatic carbocycles. The lowest BCUT2D eigenvalue weighted by molar-refractivity contribution is 0.284. The molecule has 0 unspecified atom stereocenters. The summed E-state index contributed by atoms with van der Waals surface area (Å²) in [6.07, 6.45) is 0. The molecule has 0 aromatic heterocycles. The third kappa shape index (κ3) is 5.18. The molecule has 3 nitrogen and oxygen atoms in total. The van der Waals surface area contributed by atoms with Crippen molar-refractivity contribution in [3.63, 3.8) is 0 Å². The minimum absolute atomic E-state index is 0.468. The average Bonchev–Trinajstić information content (AvgIpc) is 2.68. The van der Waals surface area contributed by atoms with E-state index in [0.717, 1.165) is 21.3 Å². The van der Waals surface area contributed by atoms with Gasteiger partial charge in [0.15, 0.2) is 11.5 Å². The van der Waals surface area contributed by atoms with E-state index in [1.165, 1.54) is 5.56 Å². The maximum absolute atomic E-state index is 6.48. The second kappa shape index (κ2) is 9.16. The zero-order valence-electron chi connectivity index (χ0n) is 15.3. The third-order valence-electron chi connectivity index (χ3n) is 4.30. The van der Waals surface area contributed by atoms with Gasteiger partial charge in [-0.3, -0.25) is 0 Å². The lowest BCUT2D eigenvalue weighted by Gasteiger charge is -2.15. The Bertz CT molecular complexity index is 913. The SMILES string of the molecule is COc1cc(CNc2ccc(Br)cc2)c(Cl)cc1OCc1ccccc1C. The molecule has 0 radical (unpaired) electrons. The number of halogens is 2. The molecule has 0 amide bonds. The summed E-state index contributed by atoms with van der Waals surface area (Å²) in [6, 6.07) is 19.9. The summed E-state index contributed by atoms with van der Waals surface area (Å²) in [6.45, 7) is 3.13. The Hall–Kier alpha value is -2.17. The van der Waals surface area contributed by atoms with E-state index < -0.39 is 0 Å². The number of anilines is 1. The van der Waals surface area contributed by atoms with Crippen LogP contribution in [0.1, 0.15) is 16.7 Å². The maximum Gasteiger partial charge on any atom is 0.163 e. The van der Waals surface area contributed by atoms with Gasteiger partial charge in [-0.2, -0.15) is 0 Å². The highest BCUT2D eigenvalue weighted by atomic mass is 79.9. The first-order chi connectivity index (χ1) is 13.1. The fourth-order valence-corrected chi connectivity index (χ4v) is 3.16. The Kier molecular flexibility index (Phi) is 6.64. The smallest absolute Gasteiger partial charge is 0.163 e. The maximum atomic E-state index is 6.48. The summed E-state index contributed by atoms with van der Waals surface area (Å²) < 4.78 is 12.5. The summed E-state index contributed by atoms with van der Waals surface area (Å²) in [7, 11) is 1.63. The van der Waals surface area contributed by atoms with Crippen LogP contribution in [0.25, 0.3) is 0 Å². The highest BCUT2D eigenvalue weighted by Gasteiger charge is 2.11. The molecule has 140 valence electrons. The Morgan fingerprint density at radius 1 is 0.963 bits per heavy atom. The normalized spacial score (nSPS) is 10.5. The molecule has 0 atom stereocenters. The lowest BCUT2D eigenvalue weighted by Crippen LogP contribution is -2.03. The van der Waals surface area contributed by atoms with Gasteiger partial charge in [0.2, 0.25) is 0 Å². The highest BCUT2D eigenvalue weighted by Crippen LogP contribution is 2.34. The van der Waals surface area contributed by atoms with E-state index in [4.69, 9.17) is 21.1 Å². The van der Waals surface area contributed by atoms with Crippen LogP contribution in [0.15, 0.2) is 65.1 Å². The van der Waals surface area contributed by atoms with Crippen molar-refractivity contribution in [2.75, 3.05) is 12.4 Å². The van der Waals surface area contributed by atoms with Crippen molar-refractivity contribution in [1.82, 2.24) is 0 Å². The van der Waals surface area contributed by atoms with Crippen LogP contribution in [0.2, 0.25) is 5.02 Å². The van der Waals surface area contributed by atoms with Gasteiger partial charge in [-0.25, -0.2) is 0 Å². The molecule has 0 fully saturated rings. The number of ether oxygens (including phenoxy) is 2. The van der Waals surface area contributed by atoms with E-state index in [2.05, 4.69) is 40.3 Å². The summed E-state index contributed by atoms with van der Waals surface area (Å²) in [5, 5.41) is 4.00. The molecule has 3 aromatic carbocycles. The molecule has 1 N–H and O–H groups in total. The molecular formula is C22H21BrClNO2. The topological polar surface area (TPSA) is 30.5 Å². The van der Waals surface area contributed by atoms with E-state index in [-0.39, 0.29) is 0 Å². The van der Waals surface area contributed by atoms with E-state index in [0.29, 0.717) is 29.7 Å². The van der Waals surface area contributed by atoms with Crippen LogP contribution in [0.3, 0.4) is 0 Å². The predicted octanol–water partition coefficient (Wildman–Crippen LogP) is 6.61. The number of hydrogen-bond acceptors (Lipinski definition) is 3. The van der Waals surface area contributed by atoms with E-state index in [1.54, 1.807) is 7.11 Å². The number of hydrogen-bond donors (Lipinski definition) is 1. The van der Waals surface area contributed by atoms with Crippen LogP contribution in [-0.2, 0) is 13.2 Å². The van der Waals surface area contributed by atoms with Gasteiger partial charge in [-0.05, 0) is 53.9 Å². The Morgan fingerprint density at radius 3 is 2.41 bits per heavy atom. The number of aryl methyl sites for hydroxylation is 1. The highest BCUT2D eigenvalue weighted by molar-refractivity contribution is 9.10. The molecule has 0 bridgehead atoms. The second-order valence-corrected chi connectivity index (χ2v) is 7.49. The second-order valence-electron chi connectivity index (χ2n) is 6.17. The van der Waals surface area contributed by atoms with E-state index in [1.807, 2.05) is 48.5 Å². The Labute approximate surface area is 173 Å². The van der Waals surface area contributed by atoms with Gasteiger partial charge in [0, 0.05) is 27.8 Å². The number of benzene rings is 3. The fourth-order valence-electron chi connectivity index (χ4n) is 2.68. The van der Waals surface area contributed by atoms with Gasteiger partial charge >= 0.3 is 0 Å². The van der Waals surface area contributed by atoms with Gasteiger partial charge < -0.3 is 14.8 Å². The average molecular weight is 447 g/mol. The van der Waals surface area contributed by atoms with Gasteiger partial charge in [0.25, 0.3) is 0 Å². The van der Waals surface area contributed by atoms with Crippen molar-refractivity contribution in [3.8, 4) is 11.5 Å². The molecule has 3 aromatic rings. The van der Waals surface area contributed by atoms with Crippen LogP contribution in [0, 0.1) is 6.92 Å². The van der Waals surface area contributed by atoms with Crippen LogP contribution >= 0.6 is 27.5 Å².